The maximum absolute atomic E-state index is 11.8. The Morgan fingerprint density at radius 2 is 1.90 bits per heavy atom. The molecule has 2 N–H and O–H groups in total. The first-order chi connectivity index (χ1) is 10.1. The number of nitrogens with zero attached hydrogens (tertiary/aromatic N) is 1. The summed E-state index contributed by atoms with van der Waals surface area (Å²) >= 11 is 5.90. The average molecular weight is 306 g/mol. The molecule has 21 heavy (non-hydrogen) atoms. The summed E-state index contributed by atoms with van der Waals surface area (Å²) in [6.45, 7) is 0.0668. The third-order valence-electron chi connectivity index (χ3n) is 2.66. The number of hydrogen-bond donors (Lipinski definition) is 2. The minimum atomic E-state index is -0.547. The van der Waals surface area contributed by atoms with Crippen molar-refractivity contribution in [1.82, 2.24) is 0 Å². The number of carbonyl (C=O) groups is 1. The molecule has 0 aliphatic heterocycles. The van der Waals surface area contributed by atoms with E-state index in [2.05, 4.69) is 10.6 Å². The molecule has 0 aromatic heterocycles. The fourth-order valence-electron chi connectivity index (χ4n) is 1.65. The summed E-state index contributed by atoms with van der Waals surface area (Å²) in [7, 11) is 0. The lowest BCUT2D eigenvalue weighted by atomic mass is 10.2. The lowest BCUT2D eigenvalue weighted by molar-refractivity contribution is -0.384. The number of nitro groups is 1. The van der Waals surface area contributed by atoms with Gasteiger partial charge < -0.3 is 10.6 Å². The van der Waals surface area contributed by atoms with Gasteiger partial charge in [0.1, 0.15) is 0 Å². The Hall–Kier alpha value is -2.60. The number of benzene rings is 2. The highest BCUT2D eigenvalue weighted by Crippen LogP contribution is 2.26. The second-order valence-electron chi connectivity index (χ2n) is 4.19. The Morgan fingerprint density at radius 3 is 2.52 bits per heavy atom. The van der Waals surface area contributed by atoms with E-state index < -0.39 is 4.92 Å². The summed E-state index contributed by atoms with van der Waals surface area (Å²) in [5.74, 6) is -0.297. The smallest absolute Gasteiger partial charge is 0.271 e. The predicted octanol–water partition coefficient (Wildman–Crippen LogP) is 3.30. The van der Waals surface area contributed by atoms with Gasteiger partial charge in [-0.1, -0.05) is 29.8 Å². The van der Waals surface area contributed by atoms with Crippen LogP contribution in [-0.2, 0) is 4.79 Å². The molecule has 7 heteroatoms. The highest BCUT2D eigenvalue weighted by Gasteiger charge is 2.11. The van der Waals surface area contributed by atoms with Gasteiger partial charge in [0.2, 0.25) is 5.91 Å². The standard InChI is InChI=1S/C14H12ClN3O3/c15-12-8-11(18(20)21)6-7-13(12)17-14(19)9-16-10-4-2-1-3-5-10/h1-8,16H,9H2,(H,17,19). The molecule has 0 bridgehead atoms. The van der Waals surface area contributed by atoms with E-state index in [4.69, 9.17) is 11.6 Å². The zero-order chi connectivity index (χ0) is 15.2. The molecule has 0 atom stereocenters. The van der Waals surface area contributed by atoms with Crippen molar-refractivity contribution in [2.24, 2.45) is 0 Å². The molecule has 2 rings (SSSR count). The van der Waals surface area contributed by atoms with Crippen molar-refractivity contribution >= 4 is 34.6 Å². The molecular formula is C14H12ClN3O3. The zero-order valence-electron chi connectivity index (χ0n) is 10.9. The van der Waals surface area contributed by atoms with E-state index in [1.807, 2.05) is 30.3 Å². The number of carbonyl (C=O) groups excluding carboxylic acids is 1. The number of hydrogen-bond acceptors (Lipinski definition) is 4. The molecule has 0 aliphatic carbocycles. The molecule has 0 saturated carbocycles. The van der Waals surface area contributed by atoms with Crippen molar-refractivity contribution in [3.05, 3.63) is 63.7 Å². The summed E-state index contributed by atoms with van der Waals surface area (Å²) in [5.41, 5.74) is 1.03. The van der Waals surface area contributed by atoms with Gasteiger partial charge in [0, 0.05) is 17.8 Å². The largest absolute Gasteiger partial charge is 0.376 e. The van der Waals surface area contributed by atoms with Crippen LogP contribution < -0.4 is 10.6 Å². The summed E-state index contributed by atoms with van der Waals surface area (Å²) < 4.78 is 0. The van der Waals surface area contributed by atoms with E-state index >= 15 is 0 Å². The molecule has 0 radical (unpaired) electrons. The monoisotopic (exact) mass is 305 g/mol. The fraction of sp³-hybridized carbons (Fsp3) is 0.0714. The molecule has 1 amide bonds. The van der Waals surface area contributed by atoms with Gasteiger partial charge in [-0.2, -0.15) is 0 Å². The van der Waals surface area contributed by atoms with Crippen LogP contribution in [-0.4, -0.2) is 17.4 Å². The Kier molecular flexibility index (Phi) is 4.73. The topological polar surface area (TPSA) is 84.3 Å². The van der Waals surface area contributed by atoms with Crippen molar-refractivity contribution in [1.29, 1.82) is 0 Å². The first kappa shape index (κ1) is 14.8. The maximum Gasteiger partial charge on any atom is 0.271 e. The predicted molar refractivity (Wildman–Crippen MR) is 81.7 cm³/mol. The highest BCUT2D eigenvalue weighted by atomic mass is 35.5. The van der Waals surface area contributed by atoms with Gasteiger partial charge in [-0.3, -0.25) is 14.9 Å². The number of halogens is 1. The molecular weight excluding hydrogens is 294 g/mol. The lowest BCUT2D eigenvalue weighted by Crippen LogP contribution is -2.21. The van der Waals surface area contributed by atoms with Crippen molar-refractivity contribution in [2.75, 3.05) is 17.2 Å². The number of nitro benzene ring substituents is 1. The third-order valence-corrected chi connectivity index (χ3v) is 2.98. The first-order valence-electron chi connectivity index (χ1n) is 6.09. The van der Waals surface area contributed by atoms with Crippen molar-refractivity contribution in [3.8, 4) is 0 Å². The Bertz CT molecular complexity index is 662. The number of amides is 1. The van der Waals surface area contributed by atoms with Crippen LogP contribution in [0.5, 0.6) is 0 Å². The van der Waals surface area contributed by atoms with Gasteiger partial charge in [-0.05, 0) is 18.2 Å². The molecule has 2 aromatic carbocycles. The number of nitrogens with one attached hydrogen (secondary N) is 2. The summed E-state index contributed by atoms with van der Waals surface area (Å²) in [4.78, 5) is 21.8. The Balaban J connectivity index is 1.95. The normalized spacial score (nSPS) is 9.95. The SMILES string of the molecule is O=C(CNc1ccccc1)Nc1ccc([N+](=O)[O-])cc1Cl. The third kappa shape index (κ3) is 4.19. The molecule has 0 heterocycles. The first-order valence-corrected chi connectivity index (χ1v) is 6.47. The zero-order valence-corrected chi connectivity index (χ0v) is 11.6. The van der Waals surface area contributed by atoms with E-state index in [9.17, 15) is 14.9 Å². The van der Waals surface area contributed by atoms with Gasteiger partial charge in [-0.15, -0.1) is 0 Å². The van der Waals surface area contributed by atoms with Gasteiger partial charge in [0.05, 0.1) is 22.2 Å². The fourth-order valence-corrected chi connectivity index (χ4v) is 1.87. The van der Waals surface area contributed by atoms with E-state index in [0.29, 0.717) is 5.69 Å². The van der Waals surface area contributed by atoms with Crippen LogP contribution in [0, 0.1) is 10.1 Å². The molecule has 2 aromatic rings. The minimum Gasteiger partial charge on any atom is -0.376 e. The number of non-ortho nitro benzene ring substituents is 1. The second kappa shape index (κ2) is 6.71. The van der Waals surface area contributed by atoms with Crippen LogP contribution in [0.2, 0.25) is 5.02 Å². The maximum atomic E-state index is 11.8. The van der Waals surface area contributed by atoms with Crippen LogP contribution in [0.3, 0.4) is 0 Å². The quantitative estimate of drug-likeness (QED) is 0.655. The number of rotatable bonds is 5. The molecule has 0 saturated heterocycles. The molecule has 0 spiro atoms. The van der Waals surface area contributed by atoms with Crippen LogP contribution in [0.4, 0.5) is 17.1 Å². The minimum absolute atomic E-state index is 0.0668. The Morgan fingerprint density at radius 1 is 1.19 bits per heavy atom. The Labute approximate surface area is 125 Å². The van der Waals surface area contributed by atoms with E-state index in [1.165, 1.54) is 18.2 Å². The molecule has 0 aliphatic rings. The summed E-state index contributed by atoms with van der Waals surface area (Å²) in [5, 5.41) is 16.3. The number of anilines is 2. The van der Waals surface area contributed by atoms with Gasteiger partial charge in [0.15, 0.2) is 0 Å². The average Bonchev–Trinajstić information content (AvgIpc) is 2.48. The lowest BCUT2D eigenvalue weighted by Gasteiger charge is -2.08. The second-order valence-corrected chi connectivity index (χ2v) is 4.60. The summed E-state index contributed by atoms with van der Waals surface area (Å²) in [6.07, 6.45) is 0. The number of para-hydroxylation sites is 1. The molecule has 108 valence electrons. The van der Waals surface area contributed by atoms with E-state index in [1.54, 1.807) is 0 Å². The highest BCUT2D eigenvalue weighted by molar-refractivity contribution is 6.34. The van der Waals surface area contributed by atoms with Crippen LogP contribution in [0.1, 0.15) is 0 Å². The molecule has 0 fully saturated rings. The van der Waals surface area contributed by atoms with Crippen LogP contribution in [0.15, 0.2) is 48.5 Å². The van der Waals surface area contributed by atoms with Crippen molar-refractivity contribution < 1.29 is 9.72 Å². The van der Waals surface area contributed by atoms with E-state index in [0.717, 1.165) is 5.69 Å². The van der Waals surface area contributed by atoms with Gasteiger partial charge in [-0.25, -0.2) is 0 Å². The van der Waals surface area contributed by atoms with Gasteiger partial charge in [0.25, 0.3) is 5.69 Å². The van der Waals surface area contributed by atoms with E-state index in [-0.39, 0.29) is 23.2 Å². The van der Waals surface area contributed by atoms with Crippen LogP contribution >= 0.6 is 11.6 Å². The van der Waals surface area contributed by atoms with Crippen molar-refractivity contribution in [2.45, 2.75) is 0 Å². The van der Waals surface area contributed by atoms with Crippen LogP contribution in [0.25, 0.3) is 0 Å². The van der Waals surface area contributed by atoms with Gasteiger partial charge >= 0.3 is 0 Å². The van der Waals surface area contributed by atoms with Crippen molar-refractivity contribution in [3.63, 3.8) is 0 Å². The molecule has 0 unspecified atom stereocenters. The summed E-state index contributed by atoms with van der Waals surface area (Å²) in [6, 6.07) is 13.1. The molecule has 6 nitrogen and oxygen atoms in total.